The molecule has 2 aliphatic rings. The van der Waals surface area contributed by atoms with Gasteiger partial charge in [-0.1, -0.05) is 18.2 Å². The Balaban J connectivity index is 1.44. The maximum atomic E-state index is 12.4. The van der Waals surface area contributed by atoms with Gasteiger partial charge in [0.25, 0.3) is 5.91 Å². The van der Waals surface area contributed by atoms with E-state index in [1.807, 2.05) is 18.2 Å². The van der Waals surface area contributed by atoms with E-state index in [9.17, 15) is 9.59 Å². The Kier molecular flexibility index (Phi) is 4.48. The number of fused-ring (bicyclic) bond motifs is 1. The summed E-state index contributed by atoms with van der Waals surface area (Å²) in [6.07, 6.45) is 2.23. The third-order valence-corrected chi connectivity index (χ3v) is 4.33. The van der Waals surface area contributed by atoms with Crippen LogP contribution in [0.1, 0.15) is 28.8 Å². The van der Waals surface area contributed by atoms with Crippen molar-refractivity contribution in [2.75, 3.05) is 18.5 Å². The Morgan fingerprint density at radius 3 is 2.58 bits per heavy atom. The first-order chi connectivity index (χ1) is 12.7. The molecular formula is C20H20N2O4. The van der Waals surface area contributed by atoms with Gasteiger partial charge >= 0.3 is 0 Å². The van der Waals surface area contributed by atoms with Crippen molar-refractivity contribution >= 4 is 17.5 Å². The van der Waals surface area contributed by atoms with Gasteiger partial charge in [0.15, 0.2) is 11.5 Å². The number of ether oxygens (including phenoxy) is 2. The van der Waals surface area contributed by atoms with Gasteiger partial charge in [0, 0.05) is 6.04 Å². The summed E-state index contributed by atoms with van der Waals surface area (Å²) >= 11 is 0. The fourth-order valence-electron chi connectivity index (χ4n) is 2.86. The molecule has 1 fully saturated rings. The highest BCUT2D eigenvalue weighted by Crippen LogP contribution is 2.31. The molecule has 4 rings (SSSR count). The van der Waals surface area contributed by atoms with Crippen molar-refractivity contribution in [3.63, 3.8) is 0 Å². The van der Waals surface area contributed by atoms with Gasteiger partial charge in [0.2, 0.25) is 5.91 Å². The Labute approximate surface area is 151 Å². The Hall–Kier alpha value is -3.02. The van der Waals surface area contributed by atoms with Gasteiger partial charge in [-0.3, -0.25) is 9.59 Å². The van der Waals surface area contributed by atoms with Gasteiger partial charge in [-0.15, -0.1) is 0 Å². The molecular weight excluding hydrogens is 332 g/mol. The minimum Gasteiger partial charge on any atom is -0.486 e. The summed E-state index contributed by atoms with van der Waals surface area (Å²) in [4.78, 5) is 24.8. The van der Waals surface area contributed by atoms with E-state index in [-0.39, 0.29) is 24.3 Å². The summed E-state index contributed by atoms with van der Waals surface area (Å²) in [5.74, 6) is 1.02. The summed E-state index contributed by atoms with van der Waals surface area (Å²) in [6, 6.07) is 12.8. The summed E-state index contributed by atoms with van der Waals surface area (Å²) in [5.41, 5.74) is 1.83. The second-order valence-corrected chi connectivity index (χ2v) is 6.50. The highest BCUT2D eigenvalue weighted by Gasteiger charge is 2.25. The zero-order valence-corrected chi connectivity index (χ0v) is 14.3. The predicted molar refractivity (Wildman–Crippen MR) is 96.7 cm³/mol. The molecule has 0 saturated heterocycles. The van der Waals surface area contributed by atoms with Crippen LogP contribution < -0.4 is 20.1 Å². The van der Waals surface area contributed by atoms with Crippen LogP contribution in [0, 0.1) is 0 Å². The first kappa shape index (κ1) is 16.4. The van der Waals surface area contributed by atoms with Crippen molar-refractivity contribution in [3.8, 4) is 11.5 Å². The van der Waals surface area contributed by atoms with E-state index in [0.29, 0.717) is 36.0 Å². The molecule has 0 unspecified atom stereocenters. The summed E-state index contributed by atoms with van der Waals surface area (Å²) in [6.45, 7) is 1.04. The highest BCUT2D eigenvalue weighted by molar-refractivity contribution is 6.04. The average molecular weight is 352 g/mol. The van der Waals surface area contributed by atoms with Crippen molar-refractivity contribution in [2.45, 2.75) is 25.3 Å². The number of amides is 2. The molecule has 0 radical (unpaired) electrons. The fourth-order valence-corrected chi connectivity index (χ4v) is 2.86. The zero-order chi connectivity index (χ0) is 17.9. The molecule has 6 nitrogen and oxygen atoms in total. The number of nitrogens with one attached hydrogen (secondary N) is 2. The molecule has 26 heavy (non-hydrogen) atoms. The standard InChI is InChI=1S/C20H20N2O4/c23-19(12-13-5-8-17-18(11-13)26-10-9-25-17)22-16-4-2-1-3-15(16)20(24)21-14-6-7-14/h1-5,8,11,14H,6-7,9-10,12H2,(H,21,24)(H,22,23). The van der Waals surface area contributed by atoms with E-state index < -0.39 is 0 Å². The molecule has 0 spiro atoms. The Bertz CT molecular complexity index is 845. The molecule has 0 bridgehead atoms. The minimum absolute atomic E-state index is 0.150. The van der Waals surface area contributed by atoms with Crippen LogP contribution in [-0.2, 0) is 11.2 Å². The van der Waals surface area contributed by atoms with Crippen LogP contribution in [0.5, 0.6) is 11.5 Å². The zero-order valence-electron chi connectivity index (χ0n) is 14.3. The summed E-state index contributed by atoms with van der Waals surface area (Å²) in [7, 11) is 0. The molecule has 2 amide bonds. The lowest BCUT2D eigenvalue weighted by molar-refractivity contribution is -0.115. The largest absolute Gasteiger partial charge is 0.486 e. The smallest absolute Gasteiger partial charge is 0.253 e. The van der Waals surface area contributed by atoms with Gasteiger partial charge in [-0.05, 0) is 42.7 Å². The SMILES string of the molecule is O=C(Cc1ccc2c(c1)OCCO2)Nc1ccccc1C(=O)NC1CC1. The van der Waals surface area contributed by atoms with Crippen LogP contribution in [0.4, 0.5) is 5.69 Å². The summed E-state index contributed by atoms with van der Waals surface area (Å²) < 4.78 is 11.0. The van der Waals surface area contributed by atoms with Crippen molar-refractivity contribution in [1.82, 2.24) is 5.32 Å². The van der Waals surface area contributed by atoms with Crippen LogP contribution in [0.15, 0.2) is 42.5 Å². The molecule has 134 valence electrons. The molecule has 2 N–H and O–H groups in total. The second-order valence-electron chi connectivity index (χ2n) is 6.50. The molecule has 1 aliphatic heterocycles. The third kappa shape index (κ3) is 3.79. The minimum atomic E-state index is -0.187. The van der Waals surface area contributed by atoms with E-state index in [0.717, 1.165) is 18.4 Å². The number of hydrogen-bond acceptors (Lipinski definition) is 4. The molecule has 0 aromatic heterocycles. The molecule has 2 aromatic rings. The topological polar surface area (TPSA) is 76.7 Å². The number of rotatable bonds is 5. The molecule has 1 saturated carbocycles. The van der Waals surface area contributed by atoms with E-state index in [1.54, 1.807) is 24.3 Å². The number of hydrogen-bond donors (Lipinski definition) is 2. The van der Waals surface area contributed by atoms with Gasteiger partial charge in [0.1, 0.15) is 13.2 Å². The first-order valence-corrected chi connectivity index (χ1v) is 8.77. The number of carbonyl (C=O) groups is 2. The van der Waals surface area contributed by atoms with Crippen molar-refractivity contribution in [3.05, 3.63) is 53.6 Å². The molecule has 1 heterocycles. The maximum Gasteiger partial charge on any atom is 0.253 e. The van der Waals surface area contributed by atoms with E-state index in [2.05, 4.69) is 10.6 Å². The lowest BCUT2D eigenvalue weighted by Gasteiger charge is -2.18. The van der Waals surface area contributed by atoms with Crippen molar-refractivity contribution < 1.29 is 19.1 Å². The molecule has 2 aromatic carbocycles. The number of carbonyl (C=O) groups excluding carboxylic acids is 2. The average Bonchev–Trinajstić information content (AvgIpc) is 3.46. The molecule has 6 heteroatoms. The lowest BCUT2D eigenvalue weighted by atomic mass is 10.1. The molecule has 0 atom stereocenters. The number of para-hydroxylation sites is 1. The quantitative estimate of drug-likeness (QED) is 0.867. The monoisotopic (exact) mass is 352 g/mol. The van der Waals surface area contributed by atoms with Gasteiger partial charge < -0.3 is 20.1 Å². The van der Waals surface area contributed by atoms with Crippen LogP contribution >= 0.6 is 0 Å². The lowest BCUT2D eigenvalue weighted by Crippen LogP contribution is -2.27. The second kappa shape index (κ2) is 7.07. The van der Waals surface area contributed by atoms with Crippen LogP contribution in [0.3, 0.4) is 0 Å². The van der Waals surface area contributed by atoms with E-state index in [1.165, 1.54) is 0 Å². The number of anilines is 1. The Morgan fingerprint density at radius 1 is 1.00 bits per heavy atom. The molecule has 1 aliphatic carbocycles. The fraction of sp³-hybridized carbons (Fsp3) is 0.300. The van der Waals surface area contributed by atoms with Gasteiger partial charge in [-0.25, -0.2) is 0 Å². The van der Waals surface area contributed by atoms with Crippen LogP contribution in [0.2, 0.25) is 0 Å². The highest BCUT2D eigenvalue weighted by atomic mass is 16.6. The van der Waals surface area contributed by atoms with Crippen LogP contribution in [-0.4, -0.2) is 31.1 Å². The Morgan fingerprint density at radius 2 is 1.77 bits per heavy atom. The first-order valence-electron chi connectivity index (χ1n) is 8.77. The number of benzene rings is 2. The third-order valence-electron chi connectivity index (χ3n) is 4.33. The summed E-state index contributed by atoms with van der Waals surface area (Å²) in [5, 5.41) is 5.79. The maximum absolute atomic E-state index is 12.4. The normalized spacial score (nSPS) is 15.2. The van der Waals surface area contributed by atoms with Crippen molar-refractivity contribution in [1.29, 1.82) is 0 Å². The van der Waals surface area contributed by atoms with Crippen molar-refractivity contribution in [2.24, 2.45) is 0 Å². The van der Waals surface area contributed by atoms with Gasteiger partial charge in [0.05, 0.1) is 17.7 Å². The van der Waals surface area contributed by atoms with Gasteiger partial charge in [-0.2, -0.15) is 0 Å². The van der Waals surface area contributed by atoms with Crippen LogP contribution in [0.25, 0.3) is 0 Å². The van der Waals surface area contributed by atoms with E-state index in [4.69, 9.17) is 9.47 Å². The van der Waals surface area contributed by atoms with E-state index >= 15 is 0 Å². The predicted octanol–water partition coefficient (Wildman–Crippen LogP) is 2.53.